The molecule has 134 valence electrons. The van der Waals surface area contributed by atoms with Crippen LogP contribution in [0.3, 0.4) is 0 Å². The number of carbonyl (C=O) groups is 2. The molecule has 3 heterocycles. The minimum absolute atomic E-state index is 0.0782. The van der Waals surface area contributed by atoms with Crippen LogP contribution in [0.1, 0.15) is 43.2 Å². The van der Waals surface area contributed by atoms with Crippen LogP contribution in [0.25, 0.3) is 0 Å². The number of likely N-dealkylation sites (tertiary alicyclic amines) is 1. The van der Waals surface area contributed by atoms with E-state index in [0.29, 0.717) is 5.76 Å². The topological polar surface area (TPSA) is 87.7 Å². The van der Waals surface area contributed by atoms with Crippen molar-refractivity contribution in [3.63, 3.8) is 0 Å². The summed E-state index contributed by atoms with van der Waals surface area (Å²) >= 11 is 0. The van der Waals surface area contributed by atoms with Gasteiger partial charge in [0.2, 0.25) is 5.91 Å². The summed E-state index contributed by atoms with van der Waals surface area (Å²) in [5.41, 5.74) is 0. The van der Waals surface area contributed by atoms with E-state index < -0.39 is 6.03 Å². The molecule has 1 aliphatic rings. The van der Waals surface area contributed by atoms with Crippen LogP contribution in [0.4, 0.5) is 4.79 Å². The molecule has 1 saturated heterocycles. The van der Waals surface area contributed by atoms with E-state index in [1.807, 2.05) is 12.1 Å². The Morgan fingerprint density at radius 2 is 1.96 bits per heavy atom. The fraction of sp³-hybridized carbons (Fsp3) is 0.444. The van der Waals surface area contributed by atoms with Crippen molar-refractivity contribution in [2.24, 2.45) is 0 Å². The van der Waals surface area contributed by atoms with E-state index in [-0.39, 0.29) is 25.0 Å². The third-order valence-electron chi connectivity index (χ3n) is 4.34. The Kier molecular flexibility index (Phi) is 5.90. The average molecular weight is 345 g/mol. The molecule has 3 amide bonds. The Hall–Kier alpha value is -2.54. The minimum atomic E-state index is -0.522. The van der Waals surface area contributed by atoms with Gasteiger partial charge in [-0.2, -0.15) is 0 Å². The highest BCUT2D eigenvalue weighted by Crippen LogP contribution is 2.29. The highest BCUT2D eigenvalue weighted by Gasteiger charge is 2.26. The maximum atomic E-state index is 12.2. The maximum Gasteiger partial charge on any atom is 0.321 e. The number of urea groups is 1. The normalized spacial score (nSPS) is 18.5. The number of nitrogens with zero attached hydrogens (tertiary/aromatic N) is 1. The van der Waals surface area contributed by atoms with Crippen LogP contribution < -0.4 is 10.6 Å². The summed E-state index contributed by atoms with van der Waals surface area (Å²) in [5.74, 6) is 1.18. The zero-order valence-electron chi connectivity index (χ0n) is 14.1. The van der Waals surface area contributed by atoms with Gasteiger partial charge in [0.15, 0.2) is 0 Å². The Morgan fingerprint density at radius 1 is 1.12 bits per heavy atom. The van der Waals surface area contributed by atoms with E-state index in [1.54, 1.807) is 18.4 Å². The SMILES string of the molecule is O=C(CN1CCCCCC1c1ccco1)NC(=O)NCc1ccco1. The van der Waals surface area contributed by atoms with Gasteiger partial charge in [-0.25, -0.2) is 4.79 Å². The van der Waals surface area contributed by atoms with Gasteiger partial charge in [-0.3, -0.25) is 15.0 Å². The predicted molar refractivity (Wildman–Crippen MR) is 90.6 cm³/mol. The number of furan rings is 2. The van der Waals surface area contributed by atoms with Crippen LogP contribution in [0.15, 0.2) is 45.6 Å². The van der Waals surface area contributed by atoms with Gasteiger partial charge in [0.25, 0.3) is 0 Å². The number of imide groups is 1. The molecule has 0 aliphatic carbocycles. The van der Waals surface area contributed by atoms with Gasteiger partial charge in [0.1, 0.15) is 11.5 Å². The molecule has 3 rings (SSSR count). The molecule has 0 radical (unpaired) electrons. The molecular formula is C18H23N3O4. The minimum Gasteiger partial charge on any atom is -0.468 e. The monoisotopic (exact) mass is 345 g/mol. The summed E-state index contributed by atoms with van der Waals surface area (Å²) < 4.78 is 10.7. The van der Waals surface area contributed by atoms with Crippen molar-refractivity contribution < 1.29 is 18.4 Å². The van der Waals surface area contributed by atoms with E-state index in [0.717, 1.165) is 38.0 Å². The fourth-order valence-electron chi connectivity index (χ4n) is 3.14. The van der Waals surface area contributed by atoms with Gasteiger partial charge in [-0.05, 0) is 43.7 Å². The van der Waals surface area contributed by atoms with Gasteiger partial charge < -0.3 is 14.2 Å². The molecule has 2 aromatic rings. The van der Waals surface area contributed by atoms with Crippen molar-refractivity contribution in [3.8, 4) is 0 Å². The zero-order chi connectivity index (χ0) is 17.5. The van der Waals surface area contributed by atoms with E-state index in [2.05, 4.69) is 15.5 Å². The summed E-state index contributed by atoms with van der Waals surface area (Å²) in [5, 5.41) is 4.98. The number of hydrogen-bond donors (Lipinski definition) is 2. The third-order valence-corrected chi connectivity index (χ3v) is 4.34. The van der Waals surface area contributed by atoms with Gasteiger partial charge in [-0.15, -0.1) is 0 Å². The lowest BCUT2D eigenvalue weighted by Gasteiger charge is -2.27. The standard InChI is InChI=1S/C18H23N3O4/c22-17(20-18(23)19-12-14-6-4-10-24-14)13-21-9-3-1-2-7-15(21)16-8-5-11-25-16/h4-6,8,10-11,15H,1-3,7,9,12-13H2,(H2,19,20,22,23). The molecule has 2 aromatic heterocycles. The molecule has 0 bridgehead atoms. The number of rotatable bonds is 5. The molecule has 1 atom stereocenters. The van der Waals surface area contributed by atoms with Crippen molar-refractivity contribution in [1.29, 1.82) is 0 Å². The van der Waals surface area contributed by atoms with E-state index in [4.69, 9.17) is 8.83 Å². The van der Waals surface area contributed by atoms with Crippen LogP contribution >= 0.6 is 0 Å². The van der Waals surface area contributed by atoms with Crippen LogP contribution in [0.2, 0.25) is 0 Å². The Labute approximate surface area is 146 Å². The summed E-state index contributed by atoms with van der Waals surface area (Å²) in [7, 11) is 0. The van der Waals surface area contributed by atoms with Gasteiger partial charge >= 0.3 is 6.03 Å². The lowest BCUT2D eigenvalue weighted by Crippen LogP contribution is -2.45. The first-order valence-electron chi connectivity index (χ1n) is 8.60. The second-order valence-electron chi connectivity index (χ2n) is 6.16. The number of amides is 3. The maximum absolute atomic E-state index is 12.2. The predicted octanol–water partition coefficient (Wildman–Crippen LogP) is 2.82. The van der Waals surface area contributed by atoms with Crippen LogP contribution in [0.5, 0.6) is 0 Å². The molecule has 25 heavy (non-hydrogen) atoms. The smallest absolute Gasteiger partial charge is 0.321 e. The second kappa shape index (κ2) is 8.53. The first-order chi connectivity index (χ1) is 12.2. The number of hydrogen-bond acceptors (Lipinski definition) is 5. The third kappa shape index (κ3) is 4.96. The Bertz CT molecular complexity index is 667. The van der Waals surface area contributed by atoms with E-state index in [1.165, 1.54) is 6.26 Å². The largest absolute Gasteiger partial charge is 0.468 e. The molecule has 1 unspecified atom stereocenters. The van der Waals surface area contributed by atoms with Crippen molar-refractivity contribution in [1.82, 2.24) is 15.5 Å². The Balaban J connectivity index is 1.51. The Morgan fingerprint density at radius 3 is 2.72 bits per heavy atom. The molecule has 7 nitrogen and oxygen atoms in total. The highest BCUT2D eigenvalue weighted by molar-refractivity contribution is 5.95. The lowest BCUT2D eigenvalue weighted by atomic mass is 10.1. The molecule has 7 heteroatoms. The second-order valence-corrected chi connectivity index (χ2v) is 6.16. The molecule has 2 N–H and O–H groups in total. The quantitative estimate of drug-likeness (QED) is 0.870. The van der Waals surface area contributed by atoms with E-state index in [9.17, 15) is 9.59 Å². The average Bonchev–Trinajstić information content (AvgIpc) is 3.25. The zero-order valence-corrected chi connectivity index (χ0v) is 14.1. The fourth-order valence-corrected chi connectivity index (χ4v) is 3.14. The molecule has 1 fully saturated rings. The van der Waals surface area contributed by atoms with Crippen molar-refractivity contribution in [3.05, 3.63) is 48.3 Å². The van der Waals surface area contributed by atoms with Crippen molar-refractivity contribution >= 4 is 11.9 Å². The van der Waals surface area contributed by atoms with E-state index >= 15 is 0 Å². The first kappa shape index (κ1) is 17.3. The summed E-state index contributed by atoms with van der Waals surface area (Å²) in [4.78, 5) is 26.2. The lowest BCUT2D eigenvalue weighted by molar-refractivity contribution is -0.121. The van der Waals surface area contributed by atoms with Gasteiger partial charge in [-0.1, -0.05) is 12.8 Å². The number of carbonyl (C=O) groups excluding carboxylic acids is 2. The summed E-state index contributed by atoms with van der Waals surface area (Å²) in [6, 6.07) is 6.86. The summed E-state index contributed by atoms with van der Waals surface area (Å²) in [6.07, 6.45) is 7.42. The van der Waals surface area contributed by atoms with Crippen LogP contribution in [0, 0.1) is 0 Å². The van der Waals surface area contributed by atoms with Crippen molar-refractivity contribution in [2.75, 3.05) is 13.1 Å². The van der Waals surface area contributed by atoms with Crippen LogP contribution in [-0.2, 0) is 11.3 Å². The molecule has 0 spiro atoms. The van der Waals surface area contributed by atoms with Gasteiger partial charge in [0.05, 0.1) is 31.7 Å². The first-order valence-corrected chi connectivity index (χ1v) is 8.60. The molecular weight excluding hydrogens is 322 g/mol. The van der Waals surface area contributed by atoms with Gasteiger partial charge in [0, 0.05) is 0 Å². The molecule has 1 aliphatic heterocycles. The molecule has 0 saturated carbocycles. The van der Waals surface area contributed by atoms with Crippen LogP contribution in [-0.4, -0.2) is 29.9 Å². The van der Waals surface area contributed by atoms with Crippen molar-refractivity contribution in [2.45, 2.75) is 38.3 Å². The summed E-state index contributed by atoms with van der Waals surface area (Å²) in [6.45, 7) is 1.22. The number of nitrogens with one attached hydrogen (secondary N) is 2. The highest BCUT2D eigenvalue weighted by atomic mass is 16.3. The molecule has 0 aromatic carbocycles.